The number of carbonyl (C=O) groups is 2. The van der Waals surface area contributed by atoms with E-state index in [-0.39, 0.29) is 30.3 Å². The Kier molecular flexibility index (Phi) is 7.90. The highest BCUT2D eigenvalue weighted by Crippen LogP contribution is 2.39. The molecule has 0 spiro atoms. The number of urea groups is 1. The summed E-state index contributed by atoms with van der Waals surface area (Å²) in [4.78, 5) is 40.2. The molecule has 0 atom stereocenters. The van der Waals surface area contributed by atoms with Gasteiger partial charge in [0.05, 0.1) is 18.6 Å². The standard InChI is InChI=1S/C29H30F2N8O2/c1-17(2)35-27(40)19-9-8-18(3)20(14-19)24-21-15-34-29(41)39(25-22(30)6-4-7-23(25)31)26(21)37-28(36-24)33-10-5-12-38-13-11-32-16-38/h4,6-9,11,13-14,16-17H,5,10,12,15H2,1-3H3,(H,34,41)(H,35,40)(H,33,36,37). The van der Waals surface area contributed by atoms with Crippen LogP contribution in [0.4, 0.5) is 31.0 Å². The van der Waals surface area contributed by atoms with E-state index in [1.165, 1.54) is 6.07 Å². The van der Waals surface area contributed by atoms with E-state index in [1.807, 2.05) is 37.6 Å². The monoisotopic (exact) mass is 560 g/mol. The molecule has 4 aromatic rings. The van der Waals surface area contributed by atoms with Crippen molar-refractivity contribution in [2.45, 2.75) is 46.3 Å². The van der Waals surface area contributed by atoms with E-state index in [0.717, 1.165) is 22.6 Å². The molecule has 41 heavy (non-hydrogen) atoms. The van der Waals surface area contributed by atoms with Crippen LogP contribution < -0.4 is 20.9 Å². The van der Waals surface area contributed by atoms with Crippen molar-refractivity contribution >= 4 is 29.4 Å². The van der Waals surface area contributed by atoms with E-state index >= 15 is 0 Å². The fourth-order valence-corrected chi connectivity index (χ4v) is 4.62. The maximum atomic E-state index is 14.9. The van der Waals surface area contributed by atoms with Gasteiger partial charge >= 0.3 is 6.03 Å². The summed E-state index contributed by atoms with van der Waals surface area (Å²) in [5.41, 5.74) is 2.23. The average molecular weight is 561 g/mol. The molecule has 3 N–H and O–H groups in total. The Bertz CT molecular complexity index is 1570. The molecule has 12 heteroatoms. The number of anilines is 3. The van der Waals surface area contributed by atoms with Crippen LogP contribution in [0.15, 0.2) is 55.1 Å². The third-order valence-electron chi connectivity index (χ3n) is 6.59. The van der Waals surface area contributed by atoms with Crippen molar-refractivity contribution in [1.82, 2.24) is 30.2 Å². The smallest absolute Gasteiger partial charge is 0.328 e. The molecule has 10 nitrogen and oxygen atoms in total. The van der Waals surface area contributed by atoms with Gasteiger partial charge < -0.3 is 20.5 Å². The van der Waals surface area contributed by atoms with Gasteiger partial charge in [-0.05, 0) is 57.0 Å². The van der Waals surface area contributed by atoms with Crippen LogP contribution in [0.1, 0.15) is 41.8 Å². The lowest BCUT2D eigenvalue weighted by Crippen LogP contribution is -2.43. The molecule has 3 heterocycles. The number of nitrogens with zero attached hydrogens (tertiary/aromatic N) is 5. The molecule has 0 unspecified atom stereocenters. The number of para-hydroxylation sites is 1. The van der Waals surface area contributed by atoms with E-state index in [9.17, 15) is 18.4 Å². The molecule has 0 bridgehead atoms. The second-order valence-electron chi connectivity index (χ2n) is 10.0. The Hall–Kier alpha value is -4.87. The van der Waals surface area contributed by atoms with Crippen molar-refractivity contribution in [2.24, 2.45) is 0 Å². The second-order valence-corrected chi connectivity index (χ2v) is 10.0. The summed E-state index contributed by atoms with van der Waals surface area (Å²) in [6.07, 6.45) is 5.99. The molecule has 212 valence electrons. The Balaban J connectivity index is 1.61. The third kappa shape index (κ3) is 5.86. The van der Waals surface area contributed by atoms with Crippen LogP contribution in [-0.4, -0.2) is 44.0 Å². The van der Waals surface area contributed by atoms with Crippen LogP contribution in [0.25, 0.3) is 11.3 Å². The normalized spacial score (nSPS) is 12.7. The molecular weight excluding hydrogens is 530 g/mol. The van der Waals surface area contributed by atoms with Gasteiger partial charge in [-0.25, -0.2) is 28.4 Å². The number of aryl methyl sites for hydroxylation is 2. The fraction of sp³-hybridized carbons (Fsp3) is 0.276. The summed E-state index contributed by atoms with van der Waals surface area (Å²) >= 11 is 0. The Morgan fingerprint density at radius 3 is 2.63 bits per heavy atom. The van der Waals surface area contributed by atoms with Gasteiger partial charge in [0.15, 0.2) is 5.82 Å². The van der Waals surface area contributed by atoms with Gasteiger partial charge in [0.1, 0.15) is 17.3 Å². The summed E-state index contributed by atoms with van der Waals surface area (Å²) in [7, 11) is 0. The van der Waals surface area contributed by atoms with Gasteiger partial charge in [-0.1, -0.05) is 12.1 Å². The summed E-state index contributed by atoms with van der Waals surface area (Å²) in [6.45, 7) is 6.83. The number of amides is 3. The molecule has 0 saturated heterocycles. The summed E-state index contributed by atoms with van der Waals surface area (Å²) in [5.74, 6) is -1.84. The number of benzene rings is 2. The Morgan fingerprint density at radius 1 is 1.15 bits per heavy atom. The Morgan fingerprint density at radius 2 is 1.93 bits per heavy atom. The van der Waals surface area contributed by atoms with Gasteiger partial charge in [0.2, 0.25) is 5.95 Å². The number of aromatic nitrogens is 4. The lowest BCUT2D eigenvalue weighted by atomic mass is 9.97. The minimum Gasteiger partial charge on any atom is -0.354 e. The minimum atomic E-state index is -0.911. The molecule has 3 amide bonds. The molecule has 2 aromatic carbocycles. The molecule has 1 aliphatic rings. The first-order chi connectivity index (χ1) is 19.7. The summed E-state index contributed by atoms with van der Waals surface area (Å²) in [6, 6.07) is 7.87. The molecule has 0 aliphatic carbocycles. The molecule has 5 rings (SSSR count). The number of hydrogen-bond donors (Lipinski definition) is 3. The van der Waals surface area contributed by atoms with Gasteiger partial charge in [0, 0.05) is 48.2 Å². The maximum Gasteiger partial charge on any atom is 0.328 e. The predicted molar refractivity (Wildman–Crippen MR) is 151 cm³/mol. The maximum absolute atomic E-state index is 14.9. The number of imidazole rings is 1. The van der Waals surface area contributed by atoms with E-state index < -0.39 is 23.4 Å². The van der Waals surface area contributed by atoms with E-state index in [4.69, 9.17) is 4.98 Å². The molecule has 0 fully saturated rings. The van der Waals surface area contributed by atoms with Crippen LogP contribution in [0, 0.1) is 18.6 Å². The van der Waals surface area contributed by atoms with Gasteiger partial charge in [-0.3, -0.25) is 4.79 Å². The van der Waals surface area contributed by atoms with Gasteiger partial charge in [0.25, 0.3) is 5.91 Å². The number of carbonyl (C=O) groups excluding carboxylic acids is 2. The van der Waals surface area contributed by atoms with Crippen LogP contribution in [0.5, 0.6) is 0 Å². The lowest BCUT2D eigenvalue weighted by molar-refractivity contribution is 0.0943. The van der Waals surface area contributed by atoms with Crippen molar-refractivity contribution in [1.29, 1.82) is 0 Å². The third-order valence-corrected chi connectivity index (χ3v) is 6.59. The largest absolute Gasteiger partial charge is 0.354 e. The summed E-state index contributed by atoms with van der Waals surface area (Å²) < 4.78 is 31.8. The van der Waals surface area contributed by atoms with Crippen molar-refractivity contribution < 1.29 is 18.4 Å². The number of fused-ring (bicyclic) bond motifs is 1. The van der Waals surface area contributed by atoms with E-state index in [0.29, 0.717) is 41.9 Å². The minimum absolute atomic E-state index is 0.0266. The first-order valence-electron chi connectivity index (χ1n) is 13.3. The zero-order valence-corrected chi connectivity index (χ0v) is 22.9. The zero-order valence-electron chi connectivity index (χ0n) is 22.9. The number of hydrogen-bond acceptors (Lipinski definition) is 6. The summed E-state index contributed by atoms with van der Waals surface area (Å²) in [5, 5.41) is 8.76. The SMILES string of the molecule is Cc1ccc(C(=O)NC(C)C)cc1-c1nc(NCCCn2ccnc2)nc2c1CNC(=O)N2c1c(F)cccc1F. The topological polar surface area (TPSA) is 117 Å². The lowest BCUT2D eigenvalue weighted by Gasteiger charge is -2.31. The molecular formula is C29H30F2N8O2. The highest BCUT2D eigenvalue weighted by Gasteiger charge is 2.34. The molecule has 0 radical (unpaired) electrons. The number of rotatable bonds is 9. The molecule has 1 aliphatic heterocycles. The van der Waals surface area contributed by atoms with Crippen LogP contribution in [-0.2, 0) is 13.1 Å². The quantitative estimate of drug-likeness (QED) is 0.250. The van der Waals surface area contributed by atoms with E-state index in [2.05, 4.69) is 25.9 Å². The first kappa shape index (κ1) is 27.7. The second kappa shape index (κ2) is 11.7. The van der Waals surface area contributed by atoms with Gasteiger partial charge in [-0.15, -0.1) is 0 Å². The Labute approximate surface area is 235 Å². The van der Waals surface area contributed by atoms with Crippen LogP contribution >= 0.6 is 0 Å². The number of nitrogens with one attached hydrogen (secondary N) is 3. The zero-order chi connectivity index (χ0) is 29.1. The average Bonchev–Trinajstić information content (AvgIpc) is 3.45. The number of halogens is 2. The first-order valence-corrected chi connectivity index (χ1v) is 13.3. The van der Waals surface area contributed by atoms with Crippen molar-refractivity contribution in [3.63, 3.8) is 0 Å². The van der Waals surface area contributed by atoms with Crippen LogP contribution in [0.3, 0.4) is 0 Å². The van der Waals surface area contributed by atoms with Crippen LogP contribution in [0.2, 0.25) is 0 Å². The molecule has 2 aromatic heterocycles. The fourth-order valence-electron chi connectivity index (χ4n) is 4.62. The van der Waals surface area contributed by atoms with Crippen molar-refractivity contribution in [3.8, 4) is 11.3 Å². The van der Waals surface area contributed by atoms with Gasteiger partial charge in [-0.2, -0.15) is 4.98 Å². The predicted octanol–water partition coefficient (Wildman–Crippen LogP) is 4.93. The van der Waals surface area contributed by atoms with Crippen molar-refractivity contribution in [2.75, 3.05) is 16.8 Å². The highest BCUT2D eigenvalue weighted by molar-refractivity contribution is 6.02. The highest BCUT2D eigenvalue weighted by atomic mass is 19.1. The molecule has 0 saturated carbocycles. The van der Waals surface area contributed by atoms with E-state index in [1.54, 1.807) is 24.7 Å². The van der Waals surface area contributed by atoms with Crippen molar-refractivity contribution in [3.05, 3.63) is 83.4 Å².